The van der Waals surface area contributed by atoms with E-state index in [1.165, 1.54) is 7.11 Å². The third-order valence-corrected chi connectivity index (χ3v) is 5.99. The number of hydrogen-bond donors (Lipinski definition) is 3. The SMILES string of the molecule is CCOc1cccc(C2C=C(c3ccc(Br)cc3)NC(c3ccc(C(=O)OC)cc3)N2)c1O. The first kappa shape index (κ1) is 22.9. The van der Waals surface area contributed by atoms with Crippen LogP contribution in [0.3, 0.4) is 0 Å². The normalized spacial score (nSPS) is 17.6. The third-order valence-electron chi connectivity index (χ3n) is 5.46. The smallest absolute Gasteiger partial charge is 0.337 e. The van der Waals surface area contributed by atoms with Crippen molar-refractivity contribution < 1.29 is 19.4 Å². The average Bonchev–Trinajstić information content (AvgIpc) is 2.85. The average molecular weight is 509 g/mol. The Balaban J connectivity index is 1.72. The van der Waals surface area contributed by atoms with Crippen LogP contribution in [0.25, 0.3) is 5.70 Å². The van der Waals surface area contributed by atoms with Crippen molar-refractivity contribution >= 4 is 27.6 Å². The number of rotatable bonds is 6. The molecule has 1 heterocycles. The van der Waals surface area contributed by atoms with E-state index >= 15 is 0 Å². The van der Waals surface area contributed by atoms with Crippen LogP contribution in [0.5, 0.6) is 11.5 Å². The Hall–Kier alpha value is -3.29. The monoisotopic (exact) mass is 508 g/mol. The summed E-state index contributed by atoms with van der Waals surface area (Å²) in [7, 11) is 1.36. The maximum absolute atomic E-state index is 11.8. The number of carbonyl (C=O) groups excluding carboxylic acids is 1. The first-order chi connectivity index (χ1) is 16.0. The third kappa shape index (κ3) is 5.05. The predicted molar refractivity (Wildman–Crippen MR) is 131 cm³/mol. The van der Waals surface area contributed by atoms with Crippen molar-refractivity contribution in [3.63, 3.8) is 0 Å². The lowest BCUT2D eigenvalue weighted by molar-refractivity contribution is 0.0600. The van der Waals surface area contributed by atoms with E-state index in [2.05, 4.69) is 26.6 Å². The van der Waals surface area contributed by atoms with Gasteiger partial charge in [0.1, 0.15) is 6.17 Å². The first-order valence-electron chi connectivity index (χ1n) is 10.6. The van der Waals surface area contributed by atoms with Gasteiger partial charge < -0.3 is 19.9 Å². The summed E-state index contributed by atoms with van der Waals surface area (Å²) in [5.74, 6) is 0.190. The lowest BCUT2D eigenvalue weighted by Gasteiger charge is -2.33. The van der Waals surface area contributed by atoms with Gasteiger partial charge in [-0.3, -0.25) is 5.32 Å². The van der Waals surface area contributed by atoms with Crippen LogP contribution in [0, 0.1) is 0 Å². The summed E-state index contributed by atoms with van der Waals surface area (Å²) in [6.45, 7) is 2.35. The molecule has 1 aliphatic heterocycles. The standard InChI is InChI=1S/C26H25BrN2O4/c1-3-33-23-6-4-5-20(24(23)30)22-15-21(16-11-13-19(27)14-12-16)28-25(29-22)17-7-9-18(10-8-17)26(31)32-2/h4-15,22,25,28-30H,3H2,1-2H3. The molecule has 3 N–H and O–H groups in total. The minimum atomic E-state index is -0.378. The van der Waals surface area contributed by atoms with Gasteiger partial charge in [0.25, 0.3) is 0 Å². The molecule has 2 atom stereocenters. The van der Waals surface area contributed by atoms with Crippen LogP contribution in [0.15, 0.2) is 77.3 Å². The van der Waals surface area contributed by atoms with E-state index in [9.17, 15) is 9.90 Å². The first-order valence-corrected chi connectivity index (χ1v) is 11.4. The van der Waals surface area contributed by atoms with Crippen molar-refractivity contribution in [2.75, 3.05) is 13.7 Å². The summed E-state index contributed by atoms with van der Waals surface area (Å²) < 4.78 is 11.4. The quantitative estimate of drug-likeness (QED) is 0.391. The maximum Gasteiger partial charge on any atom is 0.337 e. The van der Waals surface area contributed by atoms with Crippen molar-refractivity contribution in [3.05, 3.63) is 99.5 Å². The number of hydrogen-bond acceptors (Lipinski definition) is 6. The molecule has 6 nitrogen and oxygen atoms in total. The summed E-state index contributed by atoms with van der Waals surface area (Å²) in [5.41, 5.74) is 4.08. The molecule has 0 bridgehead atoms. The molecular formula is C26H25BrN2O4. The van der Waals surface area contributed by atoms with Gasteiger partial charge >= 0.3 is 5.97 Å². The molecule has 2 unspecified atom stereocenters. The molecule has 170 valence electrons. The molecule has 0 saturated heterocycles. The van der Waals surface area contributed by atoms with Crippen LogP contribution in [0.2, 0.25) is 0 Å². The number of nitrogens with one attached hydrogen (secondary N) is 2. The Bertz CT molecular complexity index is 1160. The molecule has 3 aromatic carbocycles. The number of phenols is 1. The predicted octanol–water partition coefficient (Wildman–Crippen LogP) is 5.31. The Morgan fingerprint density at radius 2 is 1.79 bits per heavy atom. The van der Waals surface area contributed by atoms with Crippen LogP contribution in [-0.2, 0) is 4.74 Å². The zero-order valence-corrected chi connectivity index (χ0v) is 19.9. The number of methoxy groups -OCH3 is 1. The molecule has 0 radical (unpaired) electrons. The second kappa shape index (κ2) is 10.1. The number of phenolic OH excluding ortho intramolecular Hbond substituents is 1. The Labute approximate surface area is 201 Å². The summed E-state index contributed by atoms with van der Waals surface area (Å²) in [6.07, 6.45) is 1.79. The Kier molecular flexibility index (Phi) is 7.01. The summed E-state index contributed by atoms with van der Waals surface area (Å²) in [6, 6.07) is 20.5. The fourth-order valence-corrected chi connectivity index (χ4v) is 4.06. The van der Waals surface area contributed by atoms with E-state index in [4.69, 9.17) is 9.47 Å². The van der Waals surface area contributed by atoms with Crippen LogP contribution < -0.4 is 15.4 Å². The highest BCUT2D eigenvalue weighted by molar-refractivity contribution is 9.10. The Morgan fingerprint density at radius 3 is 2.45 bits per heavy atom. The lowest BCUT2D eigenvalue weighted by atomic mass is 9.97. The Morgan fingerprint density at radius 1 is 1.06 bits per heavy atom. The van der Waals surface area contributed by atoms with Gasteiger partial charge in [0.05, 0.1) is 25.3 Å². The fraction of sp³-hybridized carbons (Fsp3) is 0.192. The van der Waals surface area contributed by atoms with Gasteiger partial charge in [0.2, 0.25) is 0 Å². The molecular weight excluding hydrogens is 484 g/mol. The highest BCUT2D eigenvalue weighted by Crippen LogP contribution is 2.38. The highest BCUT2D eigenvalue weighted by atomic mass is 79.9. The number of esters is 1. The molecule has 1 aliphatic rings. The zero-order valence-electron chi connectivity index (χ0n) is 18.3. The zero-order chi connectivity index (χ0) is 23.4. The van der Waals surface area contributed by atoms with Crippen molar-refractivity contribution in [2.24, 2.45) is 0 Å². The van der Waals surface area contributed by atoms with E-state index in [1.54, 1.807) is 18.2 Å². The van der Waals surface area contributed by atoms with E-state index in [-0.39, 0.29) is 23.9 Å². The molecule has 0 aliphatic carbocycles. The lowest BCUT2D eigenvalue weighted by Crippen LogP contribution is -2.39. The molecule has 0 spiro atoms. The maximum atomic E-state index is 11.8. The van der Waals surface area contributed by atoms with Crippen LogP contribution >= 0.6 is 15.9 Å². The number of para-hydroxylation sites is 1. The van der Waals surface area contributed by atoms with Gasteiger partial charge in [-0.25, -0.2) is 4.79 Å². The summed E-state index contributed by atoms with van der Waals surface area (Å²) >= 11 is 3.49. The second-order valence-corrected chi connectivity index (χ2v) is 8.47. The van der Waals surface area contributed by atoms with Crippen LogP contribution in [0.1, 0.15) is 46.2 Å². The van der Waals surface area contributed by atoms with E-state index < -0.39 is 0 Å². The second-order valence-electron chi connectivity index (χ2n) is 7.55. The molecule has 3 aromatic rings. The minimum absolute atomic E-state index is 0.116. The van der Waals surface area contributed by atoms with Gasteiger partial charge in [0.15, 0.2) is 11.5 Å². The number of benzene rings is 3. The number of halogens is 1. The number of aromatic hydroxyl groups is 1. The van der Waals surface area contributed by atoms with Crippen LogP contribution in [0.4, 0.5) is 0 Å². The molecule has 0 fully saturated rings. The molecule has 0 amide bonds. The molecule has 0 aromatic heterocycles. The number of ether oxygens (including phenoxy) is 2. The van der Waals surface area contributed by atoms with Gasteiger partial charge in [0, 0.05) is 15.7 Å². The molecule has 4 rings (SSSR count). The van der Waals surface area contributed by atoms with Crippen molar-refractivity contribution in [3.8, 4) is 11.5 Å². The van der Waals surface area contributed by atoms with Gasteiger partial charge in [-0.15, -0.1) is 0 Å². The van der Waals surface area contributed by atoms with Crippen molar-refractivity contribution in [1.82, 2.24) is 10.6 Å². The number of carbonyl (C=O) groups is 1. The molecule has 0 saturated carbocycles. The van der Waals surface area contributed by atoms with E-state index in [1.807, 2.05) is 61.5 Å². The van der Waals surface area contributed by atoms with Crippen LogP contribution in [-0.4, -0.2) is 24.8 Å². The van der Waals surface area contributed by atoms with E-state index in [0.29, 0.717) is 23.5 Å². The fourth-order valence-electron chi connectivity index (χ4n) is 3.80. The van der Waals surface area contributed by atoms with Gasteiger partial charge in [-0.05, 0) is 54.5 Å². The van der Waals surface area contributed by atoms with Crippen molar-refractivity contribution in [1.29, 1.82) is 0 Å². The summed E-state index contributed by atoms with van der Waals surface area (Å²) in [4.78, 5) is 11.8. The molecule has 33 heavy (non-hydrogen) atoms. The van der Waals surface area contributed by atoms with Gasteiger partial charge in [-0.2, -0.15) is 0 Å². The summed E-state index contributed by atoms with van der Waals surface area (Å²) in [5, 5.41) is 17.9. The minimum Gasteiger partial charge on any atom is -0.504 e. The van der Waals surface area contributed by atoms with Gasteiger partial charge in [-0.1, -0.05) is 52.3 Å². The largest absolute Gasteiger partial charge is 0.504 e. The van der Waals surface area contributed by atoms with E-state index in [0.717, 1.165) is 21.3 Å². The molecule has 7 heteroatoms. The highest BCUT2D eigenvalue weighted by Gasteiger charge is 2.26. The topological polar surface area (TPSA) is 79.8 Å². The van der Waals surface area contributed by atoms with Crippen molar-refractivity contribution in [2.45, 2.75) is 19.1 Å².